The summed E-state index contributed by atoms with van der Waals surface area (Å²) in [6.45, 7) is 5.18. The van der Waals surface area contributed by atoms with Crippen molar-refractivity contribution in [1.29, 1.82) is 0 Å². The largest absolute Gasteiger partial charge is 0.492 e. The van der Waals surface area contributed by atoms with Gasteiger partial charge >= 0.3 is 0 Å². The molecule has 0 saturated heterocycles. The second-order valence-electron chi connectivity index (χ2n) is 6.80. The van der Waals surface area contributed by atoms with Crippen LogP contribution in [-0.4, -0.2) is 46.9 Å². The molecular formula is C22H30N2O5S. The zero-order valence-electron chi connectivity index (χ0n) is 17.8. The number of carbonyl (C=O) groups excluding carboxylic acids is 1. The minimum Gasteiger partial charge on any atom is -0.492 e. The van der Waals surface area contributed by atoms with Gasteiger partial charge in [-0.15, -0.1) is 0 Å². The minimum absolute atomic E-state index is 0.144. The number of nitrogens with zero attached hydrogens (tertiary/aromatic N) is 1. The fraction of sp³-hybridized carbons (Fsp3) is 0.409. The van der Waals surface area contributed by atoms with E-state index in [2.05, 4.69) is 5.32 Å². The summed E-state index contributed by atoms with van der Waals surface area (Å²) in [7, 11) is -3.51. The average molecular weight is 435 g/mol. The average Bonchev–Trinajstić information content (AvgIpc) is 2.70. The summed E-state index contributed by atoms with van der Waals surface area (Å²) < 4.78 is 37.1. The van der Waals surface area contributed by atoms with Crippen LogP contribution < -0.4 is 19.1 Å². The lowest BCUT2D eigenvalue weighted by Crippen LogP contribution is -2.33. The monoisotopic (exact) mass is 434 g/mol. The molecule has 0 bridgehead atoms. The lowest BCUT2D eigenvalue weighted by atomic mass is 10.2. The molecule has 0 aliphatic carbocycles. The molecule has 1 amide bonds. The zero-order valence-corrected chi connectivity index (χ0v) is 18.6. The van der Waals surface area contributed by atoms with E-state index in [-0.39, 0.29) is 18.9 Å². The van der Waals surface area contributed by atoms with Gasteiger partial charge in [0.1, 0.15) is 18.1 Å². The molecule has 0 unspecified atom stereocenters. The third-order valence-electron chi connectivity index (χ3n) is 4.37. The van der Waals surface area contributed by atoms with Crippen molar-refractivity contribution in [3.63, 3.8) is 0 Å². The first-order valence-corrected chi connectivity index (χ1v) is 11.8. The smallest absolute Gasteiger partial charge is 0.232 e. The Labute approximate surface area is 179 Å². The summed E-state index contributed by atoms with van der Waals surface area (Å²) in [5.41, 5.74) is 1.52. The number of amides is 1. The lowest BCUT2D eigenvalue weighted by molar-refractivity contribution is -0.121. The number of para-hydroxylation sites is 3. The van der Waals surface area contributed by atoms with Gasteiger partial charge in [-0.1, -0.05) is 30.3 Å². The first kappa shape index (κ1) is 23.5. The molecule has 0 aliphatic rings. The number of nitrogens with one attached hydrogen (secondary N) is 1. The second kappa shape index (κ2) is 11.4. The van der Waals surface area contributed by atoms with Crippen LogP contribution in [-0.2, 0) is 14.8 Å². The highest BCUT2D eigenvalue weighted by Gasteiger charge is 2.21. The van der Waals surface area contributed by atoms with Gasteiger partial charge in [0.2, 0.25) is 15.9 Å². The van der Waals surface area contributed by atoms with Gasteiger partial charge in [-0.3, -0.25) is 9.10 Å². The van der Waals surface area contributed by atoms with Crippen molar-refractivity contribution >= 4 is 21.6 Å². The Morgan fingerprint density at radius 2 is 1.70 bits per heavy atom. The predicted molar refractivity (Wildman–Crippen MR) is 119 cm³/mol. The predicted octanol–water partition coefficient (Wildman–Crippen LogP) is 3.14. The summed E-state index contributed by atoms with van der Waals surface area (Å²) in [4.78, 5) is 12.1. The van der Waals surface area contributed by atoms with Crippen LogP contribution in [0.4, 0.5) is 5.69 Å². The van der Waals surface area contributed by atoms with Gasteiger partial charge in [0, 0.05) is 13.0 Å². The second-order valence-corrected chi connectivity index (χ2v) is 8.71. The molecule has 30 heavy (non-hydrogen) atoms. The summed E-state index contributed by atoms with van der Waals surface area (Å²) in [5, 5.41) is 2.80. The Bertz CT molecular complexity index is 931. The van der Waals surface area contributed by atoms with E-state index in [0.717, 1.165) is 17.6 Å². The van der Waals surface area contributed by atoms with Crippen molar-refractivity contribution in [2.24, 2.45) is 0 Å². The number of anilines is 1. The molecule has 0 atom stereocenters. The molecular weight excluding hydrogens is 404 g/mol. The number of hydrogen-bond acceptors (Lipinski definition) is 5. The van der Waals surface area contributed by atoms with Crippen LogP contribution in [0.2, 0.25) is 0 Å². The number of ether oxygens (including phenoxy) is 2. The van der Waals surface area contributed by atoms with Gasteiger partial charge in [0.25, 0.3) is 0 Å². The Morgan fingerprint density at radius 1 is 1.03 bits per heavy atom. The molecule has 2 rings (SSSR count). The molecule has 7 nitrogen and oxygen atoms in total. The maximum absolute atomic E-state index is 12.3. The quantitative estimate of drug-likeness (QED) is 0.519. The van der Waals surface area contributed by atoms with Crippen LogP contribution in [0, 0.1) is 6.92 Å². The van der Waals surface area contributed by atoms with E-state index >= 15 is 0 Å². The van der Waals surface area contributed by atoms with Gasteiger partial charge in [0.05, 0.1) is 25.1 Å². The first-order valence-electron chi connectivity index (χ1n) is 9.97. The third kappa shape index (κ3) is 7.26. The lowest BCUT2D eigenvalue weighted by Gasteiger charge is -2.24. The molecule has 1 N–H and O–H groups in total. The molecule has 164 valence electrons. The SMILES string of the molecule is CCOc1ccccc1N(CCCC(=O)NCCOc1ccccc1C)S(C)(=O)=O. The maximum Gasteiger partial charge on any atom is 0.232 e. The highest BCUT2D eigenvalue weighted by molar-refractivity contribution is 7.92. The Balaban J connectivity index is 1.82. The van der Waals surface area contributed by atoms with Crippen LogP contribution in [0.25, 0.3) is 0 Å². The number of sulfonamides is 1. The van der Waals surface area contributed by atoms with E-state index < -0.39 is 10.0 Å². The van der Waals surface area contributed by atoms with E-state index in [1.807, 2.05) is 38.1 Å². The molecule has 0 saturated carbocycles. The maximum atomic E-state index is 12.3. The summed E-state index contributed by atoms with van der Waals surface area (Å²) in [5.74, 6) is 1.15. The Hall–Kier alpha value is -2.74. The molecule has 0 radical (unpaired) electrons. The highest BCUT2D eigenvalue weighted by Crippen LogP contribution is 2.30. The highest BCUT2D eigenvalue weighted by atomic mass is 32.2. The van der Waals surface area contributed by atoms with E-state index in [9.17, 15) is 13.2 Å². The van der Waals surface area contributed by atoms with E-state index in [4.69, 9.17) is 9.47 Å². The summed E-state index contributed by atoms with van der Waals surface area (Å²) in [6.07, 6.45) is 1.75. The van der Waals surface area contributed by atoms with Crippen LogP contribution in [0.3, 0.4) is 0 Å². The Morgan fingerprint density at radius 3 is 2.37 bits per heavy atom. The van der Waals surface area contributed by atoms with E-state index in [0.29, 0.717) is 37.6 Å². The fourth-order valence-electron chi connectivity index (χ4n) is 2.95. The first-order chi connectivity index (χ1) is 14.3. The standard InChI is InChI=1S/C22H30N2O5S/c1-4-28-21-13-8-6-11-19(21)24(30(3,26)27)16-9-14-22(25)23-15-17-29-20-12-7-5-10-18(20)2/h5-8,10-13H,4,9,14-17H2,1-3H3,(H,23,25). The molecule has 8 heteroatoms. The molecule has 0 fully saturated rings. The summed E-state index contributed by atoms with van der Waals surface area (Å²) >= 11 is 0. The van der Waals surface area contributed by atoms with Crippen molar-refractivity contribution in [1.82, 2.24) is 5.32 Å². The number of hydrogen-bond donors (Lipinski definition) is 1. The molecule has 2 aromatic carbocycles. The number of carbonyl (C=O) groups is 1. The molecule has 0 heterocycles. The third-order valence-corrected chi connectivity index (χ3v) is 5.55. The van der Waals surface area contributed by atoms with Gasteiger partial charge < -0.3 is 14.8 Å². The van der Waals surface area contributed by atoms with Crippen LogP contribution in [0.15, 0.2) is 48.5 Å². The minimum atomic E-state index is -3.51. The Kier molecular flexibility index (Phi) is 8.98. The van der Waals surface area contributed by atoms with Gasteiger partial charge in [-0.2, -0.15) is 0 Å². The molecule has 0 spiro atoms. The van der Waals surface area contributed by atoms with Crippen molar-refractivity contribution in [2.75, 3.05) is 36.9 Å². The topological polar surface area (TPSA) is 84.9 Å². The molecule has 0 aliphatic heterocycles. The van der Waals surface area contributed by atoms with Crippen molar-refractivity contribution in [3.05, 3.63) is 54.1 Å². The van der Waals surface area contributed by atoms with Crippen molar-refractivity contribution in [2.45, 2.75) is 26.7 Å². The normalized spacial score (nSPS) is 11.0. The van der Waals surface area contributed by atoms with Crippen molar-refractivity contribution < 1.29 is 22.7 Å². The number of benzene rings is 2. The molecule has 2 aromatic rings. The van der Waals surface area contributed by atoms with Gasteiger partial charge in [-0.05, 0) is 44.0 Å². The molecule has 0 aromatic heterocycles. The number of rotatable bonds is 12. The van der Waals surface area contributed by atoms with Crippen LogP contribution >= 0.6 is 0 Å². The number of aryl methyl sites for hydroxylation is 1. The van der Waals surface area contributed by atoms with E-state index in [1.54, 1.807) is 24.3 Å². The van der Waals surface area contributed by atoms with E-state index in [1.165, 1.54) is 4.31 Å². The van der Waals surface area contributed by atoms with Gasteiger partial charge in [-0.25, -0.2) is 8.42 Å². The van der Waals surface area contributed by atoms with Gasteiger partial charge in [0.15, 0.2) is 0 Å². The van der Waals surface area contributed by atoms with Crippen LogP contribution in [0.1, 0.15) is 25.3 Å². The van der Waals surface area contributed by atoms with Crippen molar-refractivity contribution in [3.8, 4) is 11.5 Å². The summed E-state index contributed by atoms with van der Waals surface area (Å²) in [6, 6.07) is 14.7. The zero-order chi connectivity index (χ0) is 22.0. The fourth-order valence-corrected chi connectivity index (χ4v) is 3.92. The van der Waals surface area contributed by atoms with Crippen LogP contribution in [0.5, 0.6) is 11.5 Å².